The smallest absolute Gasteiger partial charge is 0.255 e. The molecule has 2 aromatic carbocycles. The third kappa shape index (κ3) is 3.76. The van der Waals surface area contributed by atoms with Gasteiger partial charge in [-0.05, 0) is 24.3 Å². The number of carbonyl (C=O) groups is 1. The van der Waals surface area contributed by atoms with E-state index >= 15 is 0 Å². The maximum atomic E-state index is 13.4. The Hall–Kier alpha value is -2.34. The number of amides is 1. The van der Waals surface area contributed by atoms with Gasteiger partial charge < -0.3 is 14.4 Å². The van der Waals surface area contributed by atoms with Crippen LogP contribution in [-0.2, 0) is 6.54 Å². The summed E-state index contributed by atoms with van der Waals surface area (Å²) in [7, 11) is 4.57. The second kappa shape index (κ2) is 7.49. The summed E-state index contributed by atoms with van der Waals surface area (Å²) in [6, 6.07) is 6.76. The molecule has 0 atom stereocenters. The predicted molar refractivity (Wildman–Crippen MR) is 86.7 cm³/mol. The standard InChI is InChI=1S/C17H16ClF2NO3/c1-21(9-10-4-5-11(23-2)6-16(10)24-3)17(22)12-7-14(19)15(20)8-13(12)18/h4-8H,9H2,1-3H3. The van der Waals surface area contributed by atoms with Crippen molar-refractivity contribution in [2.24, 2.45) is 0 Å². The molecule has 24 heavy (non-hydrogen) atoms. The van der Waals surface area contributed by atoms with E-state index in [1.807, 2.05) is 0 Å². The van der Waals surface area contributed by atoms with Crippen LogP contribution in [0.15, 0.2) is 30.3 Å². The maximum absolute atomic E-state index is 13.4. The lowest BCUT2D eigenvalue weighted by molar-refractivity contribution is 0.0783. The van der Waals surface area contributed by atoms with E-state index in [1.54, 1.807) is 18.2 Å². The fourth-order valence-corrected chi connectivity index (χ4v) is 2.43. The molecule has 0 aromatic heterocycles. The van der Waals surface area contributed by atoms with Crippen molar-refractivity contribution >= 4 is 17.5 Å². The van der Waals surface area contributed by atoms with Gasteiger partial charge in [0.25, 0.3) is 5.91 Å². The highest BCUT2D eigenvalue weighted by molar-refractivity contribution is 6.33. The second-order valence-corrected chi connectivity index (χ2v) is 5.49. The van der Waals surface area contributed by atoms with E-state index in [1.165, 1.54) is 26.2 Å². The number of hydrogen-bond donors (Lipinski definition) is 0. The number of halogens is 3. The van der Waals surface area contributed by atoms with Crippen molar-refractivity contribution in [3.05, 3.63) is 58.1 Å². The average Bonchev–Trinajstić information content (AvgIpc) is 2.57. The molecule has 2 aromatic rings. The van der Waals surface area contributed by atoms with Crippen LogP contribution in [-0.4, -0.2) is 32.1 Å². The van der Waals surface area contributed by atoms with E-state index in [2.05, 4.69) is 0 Å². The monoisotopic (exact) mass is 355 g/mol. The second-order valence-electron chi connectivity index (χ2n) is 5.09. The zero-order valence-corrected chi connectivity index (χ0v) is 14.2. The van der Waals surface area contributed by atoms with Crippen LogP contribution >= 0.6 is 11.6 Å². The minimum absolute atomic E-state index is 0.106. The average molecular weight is 356 g/mol. The lowest BCUT2D eigenvalue weighted by Gasteiger charge is -2.20. The molecule has 0 unspecified atom stereocenters. The van der Waals surface area contributed by atoms with Crippen molar-refractivity contribution in [3.63, 3.8) is 0 Å². The minimum atomic E-state index is -1.13. The van der Waals surface area contributed by atoms with Gasteiger partial charge in [0, 0.05) is 25.2 Å². The van der Waals surface area contributed by atoms with Gasteiger partial charge in [-0.3, -0.25) is 4.79 Å². The summed E-state index contributed by atoms with van der Waals surface area (Å²) in [5.74, 6) is -1.59. The first-order valence-electron chi connectivity index (χ1n) is 6.98. The Morgan fingerprint density at radius 1 is 1.12 bits per heavy atom. The molecule has 0 heterocycles. The fourth-order valence-electron chi connectivity index (χ4n) is 2.20. The van der Waals surface area contributed by atoms with E-state index in [0.29, 0.717) is 11.5 Å². The highest BCUT2D eigenvalue weighted by atomic mass is 35.5. The third-order valence-electron chi connectivity index (χ3n) is 3.49. The molecule has 0 spiro atoms. The van der Waals surface area contributed by atoms with Gasteiger partial charge in [-0.1, -0.05) is 11.6 Å². The lowest BCUT2D eigenvalue weighted by atomic mass is 10.1. The molecule has 0 aliphatic heterocycles. The van der Waals surface area contributed by atoms with Crippen LogP contribution in [0.1, 0.15) is 15.9 Å². The summed E-state index contributed by atoms with van der Waals surface area (Å²) in [4.78, 5) is 13.8. The Morgan fingerprint density at radius 2 is 1.79 bits per heavy atom. The SMILES string of the molecule is COc1ccc(CN(C)C(=O)c2cc(F)c(F)cc2Cl)c(OC)c1. The summed E-state index contributed by atoms with van der Waals surface area (Å²) >= 11 is 5.85. The Morgan fingerprint density at radius 3 is 2.42 bits per heavy atom. The largest absolute Gasteiger partial charge is 0.497 e. The van der Waals surface area contributed by atoms with E-state index < -0.39 is 17.5 Å². The first kappa shape index (κ1) is 18.0. The number of benzene rings is 2. The van der Waals surface area contributed by atoms with Crippen LogP contribution in [0, 0.1) is 11.6 Å². The van der Waals surface area contributed by atoms with Crippen molar-refractivity contribution < 1.29 is 23.0 Å². The molecule has 0 radical (unpaired) electrons. The van der Waals surface area contributed by atoms with Crippen LogP contribution in [0.25, 0.3) is 0 Å². The summed E-state index contributed by atoms with van der Waals surface area (Å²) in [5.41, 5.74) is 0.624. The predicted octanol–water partition coefficient (Wildman–Crippen LogP) is 3.91. The van der Waals surface area contributed by atoms with Gasteiger partial charge in [0.05, 0.1) is 24.8 Å². The van der Waals surface area contributed by atoms with Crippen molar-refractivity contribution in [3.8, 4) is 11.5 Å². The van der Waals surface area contributed by atoms with Gasteiger partial charge in [-0.15, -0.1) is 0 Å². The molecule has 128 valence electrons. The molecule has 7 heteroatoms. The highest BCUT2D eigenvalue weighted by Gasteiger charge is 2.19. The minimum Gasteiger partial charge on any atom is -0.497 e. The van der Waals surface area contributed by atoms with Crippen molar-refractivity contribution in [2.75, 3.05) is 21.3 Å². The summed E-state index contributed by atoms with van der Waals surface area (Å²) in [6.45, 7) is 0.196. The van der Waals surface area contributed by atoms with Crippen LogP contribution in [0.4, 0.5) is 8.78 Å². The van der Waals surface area contributed by atoms with E-state index in [0.717, 1.165) is 17.7 Å². The van der Waals surface area contributed by atoms with E-state index in [4.69, 9.17) is 21.1 Å². The Labute approximate surface area is 143 Å². The van der Waals surface area contributed by atoms with Crippen LogP contribution in [0.2, 0.25) is 5.02 Å². The molecule has 2 rings (SSSR count). The number of rotatable bonds is 5. The van der Waals surface area contributed by atoms with Crippen LogP contribution in [0.5, 0.6) is 11.5 Å². The van der Waals surface area contributed by atoms with Crippen molar-refractivity contribution in [1.82, 2.24) is 4.90 Å². The van der Waals surface area contributed by atoms with Crippen molar-refractivity contribution in [2.45, 2.75) is 6.54 Å². The Bertz CT molecular complexity index is 768. The first-order valence-corrected chi connectivity index (χ1v) is 7.36. The third-order valence-corrected chi connectivity index (χ3v) is 3.80. The van der Waals surface area contributed by atoms with Gasteiger partial charge in [0.2, 0.25) is 0 Å². The molecule has 0 saturated heterocycles. The lowest BCUT2D eigenvalue weighted by Crippen LogP contribution is -2.27. The topological polar surface area (TPSA) is 38.8 Å². The molecule has 0 fully saturated rings. The number of nitrogens with zero attached hydrogens (tertiary/aromatic N) is 1. The molecule has 1 amide bonds. The van der Waals surface area contributed by atoms with Crippen LogP contribution < -0.4 is 9.47 Å². The van der Waals surface area contributed by atoms with Crippen LogP contribution in [0.3, 0.4) is 0 Å². The first-order chi connectivity index (χ1) is 11.4. The van der Waals surface area contributed by atoms with Gasteiger partial charge in [0.15, 0.2) is 11.6 Å². The zero-order chi connectivity index (χ0) is 17.9. The molecule has 0 bridgehead atoms. The fraction of sp³-hybridized carbons (Fsp3) is 0.235. The Balaban J connectivity index is 2.25. The maximum Gasteiger partial charge on any atom is 0.255 e. The molecule has 0 aliphatic rings. The van der Waals surface area contributed by atoms with Crippen molar-refractivity contribution in [1.29, 1.82) is 0 Å². The number of methoxy groups -OCH3 is 2. The summed E-state index contributed by atoms with van der Waals surface area (Å²) < 4.78 is 36.9. The quantitative estimate of drug-likeness (QED) is 0.763. The molecule has 0 aliphatic carbocycles. The number of carbonyl (C=O) groups excluding carboxylic acids is 1. The highest BCUT2D eigenvalue weighted by Crippen LogP contribution is 2.27. The van der Waals surface area contributed by atoms with E-state index in [9.17, 15) is 13.6 Å². The normalized spacial score (nSPS) is 10.4. The molecular formula is C17H16ClF2NO3. The van der Waals surface area contributed by atoms with Gasteiger partial charge in [0.1, 0.15) is 11.5 Å². The molecule has 4 nitrogen and oxygen atoms in total. The summed E-state index contributed by atoms with van der Waals surface area (Å²) in [6.07, 6.45) is 0. The van der Waals surface area contributed by atoms with Gasteiger partial charge in [-0.25, -0.2) is 8.78 Å². The number of ether oxygens (including phenoxy) is 2. The number of hydrogen-bond acceptors (Lipinski definition) is 3. The molecule has 0 N–H and O–H groups in total. The molecular weight excluding hydrogens is 340 g/mol. The Kier molecular flexibility index (Phi) is 5.62. The zero-order valence-electron chi connectivity index (χ0n) is 13.4. The summed E-state index contributed by atoms with van der Waals surface area (Å²) in [5, 5.41) is -0.146. The van der Waals surface area contributed by atoms with Gasteiger partial charge in [-0.2, -0.15) is 0 Å². The molecule has 0 saturated carbocycles. The van der Waals surface area contributed by atoms with E-state index in [-0.39, 0.29) is 17.1 Å². The van der Waals surface area contributed by atoms with Gasteiger partial charge >= 0.3 is 0 Å².